The van der Waals surface area contributed by atoms with Crippen molar-refractivity contribution in [1.82, 2.24) is 25.5 Å². The number of hydrogen-bond donors (Lipinski definition) is 3. The Labute approximate surface area is 187 Å². The van der Waals surface area contributed by atoms with Gasteiger partial charge in [0.25, 0.3) is 0 Å². The van der Waals surface area contributed by atoms with Gasteiger partial charge in [-0.25, -0.2) is 9.78 Å². The Bertz CT molecular complexity index is 1080. The van der Waals surface area contributed by atoms with Crippen molar-refractivity contribution in [1.29, 1.82) is 0 Å². The molecule has 1 aromatic carbocycles. The molecule has 0 atom stereocenters. The third-order valence-corrected chi connectivity index (χ3v) is 7.31. The van der Waals surface area contributed by atoms with Gasteiger partial charge in [0.15, 0.2) is 5.65 Å². The molecule has 158 valence electrons. The molecule has 0 bridgehead atoms. The lowest BCUT2D eigenvalue weighted by Crippen LogP contribution is -2.45. The summed E-state index contributed by atoms with van der Waals surface area (Å²) in [5, 5.41) is 21.2. The van der Waals surface area contributed by atoms with Crippen LogP contribution in [0.3, 0.4) is 0 Å². The average molecular weight is 467 g/mol. The molecule has 1 amide bonds. The number of halogens is 2. The molecule has 30 heavy (non-hydrogen) atoms. The summed E-state index contributed by atoms with van der Waals surface area (Å²) in [5.74, 6) is 0.636. The van der Waals surface area contributed by atoms with Crippen LogP contribution in [0.4, 0.5) is 10.7 Å². The van der Waals surface area contributed by atoms with Crippen LogP contribution in [0.15, 0.2) is 34.3 Å². The lowest BCUT2D eigenvalue weighted by atomic mass is 9.80. The van der Waals surface area contributed by atoms with Crippen LogP contribution in [0.2, 0.25) is 10.0 Å². The first-order valence-corrected chi connectivity index (χ1v) is 11.0. The summed E-state index contributed by atoms with van der Waals surface area (Å²) >= 11 is 13.8. The Morgan fingerprint density at radius 1 is 1.37 bits per heavy atom. The van der Waals surface area contributed by atoms with Crippen molar-refractivity contribution in [2.45, 2.75) is 29.7 Å². The summed E-state index contributed by atoms with van der Waals surface area (Å²) in [6.07, 6.45) is 2.49. The van der Waals surface area contributed by atoms with Crippen LogP contribution in [0, 0.1) is 5.41 Å². The van der Waals surface area contributed by atoms with E-state index in [0.717, 1.165) is 41.2 Å². The second kappa shape index (κ2) is 8.49. The van der Waals surface area contributed by atoms with Crippen molar-refractivity contribution >= 4 is 58.0 Å². The maximum absolute atomic E-state index is 10.8. The number of hydrogen-bond acceptors (Lipinski definition) is 6. The molecular weight excluding hydrogens is 447 g/mol. The van der Waals surface area contributed by atoms with Gasteiger partial charge in [-0.15, -0.1) is 0 Å². The van der Waals surface area contributed by atoms with Gasteiger partial charge in [-0.2, -0.15) is 10.1 Å². The molecule has 8 nitrogen and oxygen atoms in total. The molecule has 0 aliphatic carbocycles. The summed E-state index contributed by atoms with van der Waals surface area (Å²) in [6.45, 7) is 4.07. The molecule has 0 saturated carbocycles. The van der Waals surface area contributed by atoms with Crippen LogP contribution >= 0.6 is 35.0 Å². The number of aromatic amines is 1. The first kappa shape index (κ1) is 21.0. The van der Waals surface area contributed by atoms with E-state index in [9.17, 15) is 4.79 Å². The number of benzene rings is 1. The van der Waals surface area contributed by atoms with E-state index in [4.69, 9.17) is 28.3 Å². The highest BCUT2D eigenvalue weighted by Crippen LogP contribution is 2.38. The van der Waals surface area contributed by atoms with E-state index in [0.29, 0.717) is 28.2 Å². The Hall–Kier alpha value is -2.23. The van der Waals surface area contributed by atoms with Gasteiger partial charge in [-0.05, 0) is 30.4 Å². The fourth-order valence-corrected chi connectivity index (χ4v) is 4.77. The standard InChI is InChI=1S/C19H20Cl2N6O2S/c1-19(10-23-18(28)29)5-7-27(8-6-19)17-22-9-11-15(24-17)25-26-16(11)30-13-4-2-3-12(20)14(13)21/h2-4,9,23H,5-8,10H2,1H3,(H,28,29)(H,22,24,25,26). The summed E-state index contributed by atoms with van der Waals surface area (Å²) < 4.78 is 0. The van der Waals surface area contributed by atoms with Crippen LogP contribution in [-0.2, 0) is 0 Å². The van der Waals surface area contributed by atoms with Crippen molar-refractivity contribution in [2.24, 2.45) is 5.41 Å². The number of piperidine rings is 1. The van der Waals surface area contributed by atoms with Crippen LogP contribution in [0.1, 0.15) is 19.8 Å². The van der Waals surface area contributed by atoms with E-state index < -0.39 is 6.09 Å². The fraction of sp³-hybridized carbons (Fsp3) is 0.368. The van der Waals surface area contributed by atoms with Crippen LogP contribution in [0.25, 0.3) is 11.0 Å². The number of nitrogens with one attached hydrogen (secondary N) is 2. The number of fused-ring (bicyclic) bond motifs is 1. The predicted molar refractivity (Wildman–Crippen MR) is 118 cm³/mol. The van der Waals surface area contributed by atoms with Gasteiger partial charge in [0.1, 0.15) is 5.03 Å². The van der Waals surface area contributed by atoms with E-state index in [1.807, 2.05) is 12.1 Å². The second-order valence-electron chi connectivity index (χ2n) is 7.57. The molecule has 4 rings (SSSR count). The molecule has 3 N–H and O–H groups in total. The quantitative estimate of drug-likeness (QED) is 0.500. The first-order chi connectivity index (χ1) is 14.3. The number of nitrogens with zero attached hydrogens (tertiary/aromatic N) is 4. The summed E-state index contributed by atoms with van der Waals surface area (Å²) in [6, 6.07) is 5.47. The molecule has 3 heterocycles. The summed E-state index contributed by atoms with van der Waals surface area (Å²) in [5.41, 5.74) is 0.592. The average Bonchev–Trinajstić information content (AvgIpc) is 3.13. The van der Waals surface area contributed by atoms with Crippen LogP contribution in [0.5, 0.6) is 0 Å². The highest BCUT2D eigenvalue weighted by molar-refractivity contribution is 7.99. The third-order valence-electron chi connectivity index (χ3n) is 5.31. The predicted octanol–water partition coefficient (Wildman–Crippen LogP) is 4.69. The van der Waals surface area contributed by atoms with Crippen LogP contribution in [-0.4, -0.2) is 51.0 Å². The SMILES string of the molecule is CC1(CNC(=O)O)CCN(c2ncc3c(Sc4cccc(Cl)c4Cl)n[nH]c3n2)CC1. The minimum atomic E-state index is -0.987. The zero-order valence-electron chi connectivity index (χ0n) is 16.2. The normalized spacial score (nSPS) is 16.0. The Balaban J connectivity index is 1.48. The van der Waals surface area contributed by atoms with Gasteiger partial charge in [-0.3, -0.25) is 5.10 Å². The number of anilines is 1. The molecule has 0 radical (unpaired) electrons. The number of H-pyrrole nitrogens is 1. The fourth-order valence-electron chi connectivity index (χ4n) is 3.39. The molecule has 0 spiro atoms. The van der Waals surface area contributed by atoms with Crippen molar-refractivity contribution in [2.75, 3.05) is 24.5 Å². The largest absolute Gasteiger partial charge is 0.465 e. The molecule has 1 saturated heterocycles. The number of rotatable bonds is 5. The molecule has 11 heteroatoms. The number of amides is 1. The van der Waals surface area contributed by atoms with E-state index in [1.165, 1.54) is 11.8 Å². The number of carboxylic acid groups (broad SMARTS) is 1. The Morgan fingerprint density at radius 3 is 2.87 bits per heavy atom. The van der Waals surface area contributed by atoms with Crippen molar-refractivity contribution in [3.63, 3.8) is 0 Å². The van der Waals surface area contributed by atoms with Gasteiger partial charge in [0.2, 0.25) is 5.95 Å². The molecule has 1 aliphatic rings. The number of aromatic nitrogens is 4. The summed E-state index contributed by atoms with van der Waals surface area (Å²) in [7, 11) is 0. The molecule has 1 fully saturated rings. The molecule has 2 aromatic heterocycles. The molecule has 1 aliphatic heterocycles. The van der Waals surface area contributed by atoms with Gasteiger partial charge >= 0.3 is 6.09 Å². The van der Waals surface area contributed by atoms with Crippen molar-refractivity contribution < 1.29 is 9.90 Å². The monoisotopic (exact) mass is 466 g/mol. The minimum Gasteiger partial charge on any atom is -0.465 e. The zero-order chi connectivity index (χ0) is 21.3. The zero-order valence-corrected chi connectivity index (χ0v) is 18.5. The van der Waals surface area contributed by atoms with Crippen molar-refractivity contribution in [3.05, 3.63) is 34.4 Å². The van der Waals surface area contributed by atoms with E-state index in [1.54, 1.807) is 12.3 Å². The third kappa shape index (κ3) is 4.43. The molecule has 3 aromatic rings. The van der Waals surface area contributed by atoms with Crippen LogP contribution < -0.4 is 10.2 Å². The van der Waals surface area contributed by atoms with Crippen molar-refractivity contribution in [3.8, 4) is 0 Å². The lowest BCUT2D eigenvalue weighted by Gasteiger charge is -2.39. The molecular formula is C19H20Cl2N6O2S. The Morgan fingerprint density at radius 2 is 2.13 bits per heavy atom. The molecule has 0 unspecified atom stereocenters. The summed E-state index contributed by atoms with van der Waals surface area (Å²) in [4.78, 5) is 22.9. The van der Waals surface area contributed by atoms with E-state index >= 15 is 0 Å². The highest BCUT2D eigenvalue weighted by atomic mass is 35.5. The first-order valence-electron chi connectivity index (χ1n) is 9.39. The topological polar surface area (TPSA) is 107 Å². The second-order valence-corrected chi connectivity index (χ2v) is 9.39. The Kier molecular flexibility index (Phi) is 5.95. The smallest absolute Gasteiger partial charge is 0.404 e. The highest BCUT2D eigenvalue weighted by Gasteiger charge is 2.31. The lowest BCUT2D eigenvalue weighted by molar-refractivity contribution is 0.178. The number of carbonyl (C=O) groups is 1. The van der Waals surface area contributed by atoms with Gasteiger partial charge in [-0.1, -0.05) is 48.0 Å². The minimum absolute atomic E-state index is 0.0625. The van der Waals surface area contributed by atoms with E-state index in [-0.39, 0.29) is 5.41 Å². The maximum atomic E-state index is 10.8. The van der Waals surface area contributed by atoms with E-state index in [2.05, 4.69) is 37.3 Å². The van der Waals surface area contributed by atoms with Gasteiger partial charge in [0, 0.05) is 30.7 Å². The van der Waals surface area contributed by atoms with Gasteiger partial charge < -0.3 is 15.3 Å². The maximum Gasteiger partial charge on any atom is 0.404 e. The van der Waals surface area contributed by atoms with Gasteiger partial charge in [0.05, 0.1) is 15.4 Å².